The second kappa shape index (κ2) is 8.20. The number of hydrogen-bond donors (Lipinski definition) is 1. The fourth-order valence-electron chi connectivity index (χ4n) is 2.42. The highest BCUT2D eigenvalue weighted by Gasteiger charge is 2.27. The Bertz CT molecular complexity index is 449. The number of esters is 1. The lowest BCUT2D eigenvalue weighted by molar-refractivity contribution is -0.149. The minimum absolute atomic E-state index is 0. The summed E-state index contributed by atoms with van der Waals surface area (Å²) in [5.74, 6) is -0.899. The molecular formula is C15H22ClFN2O2. The third-order valence-electron chi connectivity index (χ3n) is 3.58. The number of nitrogens with two attached hydrogens (primary N) is 1. The smallest absolute Gasteiger partial charge is 0.342 e. The van der Waals surface area contributed by atoms with Crippen LogP contribution < -0.4 is 10.6 Å². The van der Waals surface area contributed by atoms with E-state index in [9.17, 15) is 9.18 Å². The van der Waals surface area contributed by atoms with Crippen molar-refractivity contribution in [2.75, 3.05) is 24.6 Å². The van der Waals surface area contributed by atoms with Gasteiger partial charge in [0, 0.05) is 18.8 Å². The molecule has 1 aromatic rings. The fourth-order valence-corrected chi connectivity index (χ4v) is 2.42. The van der Waals surface area contributed by atoms with Gasteiger partial charge in [-0.15, -0.1) is 12.4 Å². The Hall–Kier alpha value is -1.33. The molecule has 1 aliphatic rings. The van der Waals surface area contributed by atoms with Gasteiger partial charge in [-0.1, -0.05) is 12.1 Å². The van der Waals surface area contributed by atoms with Crippen LogP contribution in [0.4, 0.5) is 10.1 Å². The molecule has 0 spiro atoms. The van der Waals surface area contributed by atoms with Crippen LogP contribution >= 0.6 is 12.4 Å². The topological polar surface area (TPSA) is 55.6 Å². The number of carbonyl (C=O) groups excluding carboxylic acids is 1. The minimum Gasteiger partial charge on any atom is -0.464 e. The summed E-state index contributed by atoms with van der Waals surface area (Å²) < 4.78 is 18.5. The van der Waals surface area contributed by atoms with Gasteiger partial charge in [0.2, 0.25) is 6.17 Å². The first-order valence-corrected chi connectivity index (χ1v) is 7.04. The van der Waals surface area contributed by atoms with E-state index < -0.39 is 18.2 Å². The van der Waals surface area contributed by atoms with Crippen LogP contribution in [-0.2, 0) is 9.53 Å². The summed E-state index contributed by atoms with van der Waals surface area (Å²) in [4.78, 5) is 13.6. The number of hydrogen-bond acceptors (Lipinski definition) is 4. The monoisotopic (exact) mass is 316 g/mol. The van der Waals surface area contributed by atoms with Gasteiger partial charge >= 0.3 is 5.97 Å². The molecule has 21 heavy (non-hydrogen) atoms. The Labute approximate surface area is 130 Å². The number of benzene rings is 1. The first-order valence-electron chi connectivity index (χ1n) is 7.04. The van der Waals surface area contributed by atoms with Crippen molar-refractivity contribution >= 4 is 24.1 Å². The quantitative estimate of drug-likeness (QED) is 0.848. The SMILES string of the molecule is CCOC(=O)C(F)[C@H](N)c1ccc(N2CCCC2)cc1.Cl. The average Bonchev–Trinajstić information content (AvgIpc) is 3.00. The highest BCUT2D eigenvalue weighted by Crippen LogP contribution is 2.24. The van der Waals surface area contributed by atoms with E-state index in [4.69, 9.17) is 5.73 Å². The van der Waals surface area contributed by atoms with E-state index in [-0.39, 0.29) is 19.0 Å². The van der Waals surface area contributed by atoms with Crippen LogP contribution in [-0.4, -0.2) is 31.8 Å². The van der Waals surface area contributed by atoms with E-state index in [1.54, 1.807) is 19.1 Å². The third kappa shape index (κ3) is 4.32. The van der Waals surface area contributed by atoms with Gasteiger partial charge in [0.1, 0.15) is 0 Å². The predicted molar refractivity (Wildman–Crippen MR) is 83.6 cm³/mol. The zero-order valence-electron chi connectivity index (χ0n) is 12.1. The maximum Gasteiger partial charge on any atom is 0.342 e. The van der Waals surface area contributed by atoms with Gasteiger partial charge in [0.05, 0.1) is 12.6 Å². The summed E-state index contributed by atoms with van der Waals surface area (Å²) in [5.41, 5.74) is 7.50. The molecule has 1 aliphatic heterocycles. The van der Waals surface area contributed by atoms with E-state index >= 15 is 0 Å². The number of alkyl halides is 1. The summed E-state index contributed by atoms with van der Waals surface area (Å²) in [6.45, 7) is 3.90. The number of rotatable bonds is 5. The largest absolute Gasteiger partial charge is 0.464 e. The molecule has 1 fully saturated rings. The van der Waals surface area contributed by atoms with Crippen LogP contribution in [0.25, 0.3) is 0 Å². The maximum atomic E-state index is 13.9. The average molecular weight is 317 g/mol. The molecule has 2 atom stereocenters. The van der Waals surface area contributed by atoms with E-state index in [0.717, 1.165) is 18.8 Å². The van der Waals surface area contributed by atoms with Crippen molar-refractivity contribution in [3.05, 3.63) is 29.8 Å². The van der Waals surface area contributed by atoms with E-state index in [1.807, 2.05) is 12.1 Å². The van der Waals surface area contributed by atoms with E-state index in [1.165, 1.54) is 12.8 Å². The van der Waals surface area contributed by atoms with Gasteiger partial charge in [0.25, 0.3) is 0 Å². The molecule has 118 valence electrons. The highest BCUT2D eigenvalue weighted by atomic mass is 35.5. The zero-order chi connectivity index (χ0) is 14.5. The third-order valence-corrected chi connectivity index (χ3v) is 3.58. The summed E-state index contributed by atoms with van der Waals surface area (Å²) in [6, 6.07) is 6.44. The van der Waals surface area contributed by atoms with Crippen molar-refractivity contribution in [3.8, 4) is 0 Å². The summed E-state index contributed by atoms with van der Waals surface area (Å²) in [5, 5.41) is 0. The molecule has 0 radical (unpaired) electrons. The van der Waals surface area contributed by atoms with Crippen molar-refractivity contribution in [2.24, 2.45) is 5.73 Å². The molecule has 0 amide bonds. The van der Waals surface area contributed by atoms with Crippen molar-refractivity contribution in [1.29, 1.82) is 0 Å². The van der Waals surface area contributed by atoms with Crippen molar-refractivity contribution < 1.29 is 13.9 Å². The molecule has 1 aromatic carbocycles. The summed E-state index contributed by atoms with van der Waals surface area (Å²) in [6.07, 6.45) is 0.584. The van der Waals surface area contributed by atoms with Gasteiger partial charge in [-0.3, -0.25) is 0 Å². The first-order chi connectivity index (χ1) is 9.63. The normalized spacial score (nSPS) is 17.0. The highest BCUT2D eigenvalue weighted by molar-refractivity contribution is 5.85. The van der Waals surface area contributed by atoms with Crippen LogP contribution in [0.5, 0.6) is 0 Å². The number of halogens is 2. The molecule has 6 heteroatoms. The second-order valence-electron chi connectivity index (χ2n) is 4.97. The molecular weight excluding hydrogens is 295 g/mol. The van der Waals surface area contributed by atoms with Crippen molar-refractivity contribution in [3.63, 3.8) is 0 Å². The first kappa shape index (κ1) is 17.7. The Morgan fingerprint density at radius 2 is 1.90 bits per heavy atom. The number of nitrogens with zero attached hydrogens (tertiary/aromatic N) is 1. The molecule has 1 heterocycles. The number of ether oxygens (including phenoxy) is 1. The standard InChI is InChI=1S/C15H21FN2O2.ClH/c1-2-20-15(19)13(16)14(17)11-5-7-12(8-6-11)18-9-3-4-10-18;/h5-8,13-14H,2-4,9-10,17H2,1H3;1H/t13?,14-;/m1./s1. The van der Waals surface area contributed by atoms with Crippen molar-refractivity contribution in [2.45, 2.75) is 32.0 Å². The van der Waals surface area contributed by atoms with Crippen LogP contribution in [0.1, 0.15) is 31.4 Å². The van der Waals surface area contributed by atoms with E-state index in [2.05, 4.69) is 9.64 Å². The number of carbonyl (C=O) groups is 1. The lowest BCUT2D eigenvalue weighted by atomic mass is 10.0. The van der Waals surface area contributed by atoms with Gasteiger partial charge in [-0.2, -0.15) is 0 Å². The summed E-state index contributed by atoms with van der Waals surface area (Å²) >= 11 is 0. The van der Waals surface area contributed by atoms with Crippen LogP contribution in [0.3, 0.4) is 0 Å². The molecule has 0 aromatic heterocycles. The van der Waals surface area contributed by atoms with Gasteiger partial charge in [-0.25, -0.2) is 9.18 Å². The molecule has 1 unspecified atom stereocenters. The lowest BCUT2D eigenvalue weighted by Gasteiger charge is -2.20. The molecule has 2 N–H and O–H groups in total. The van der Waals surface area contributed by atoms with Gasteiger partial charge in [0.15, 0.2) is 0 Å². The van der Waals surface area contributed by atoms with Gasteiger partial charge < -0.3 is 15.4 Å². The molecule has 0 aliphatic carbocycles. The van der Waals surface area contributed by atoms with Crippen LogP contribution in [0.2, 0.25) is 0 Å². The number of anilines is 1. The Morgan fingerprint density at radius 1 is 1.33 bits per heavy atom. The molecule has 0 saturated carbocycles. The Kier molecular flexibility index (Phi) is 6.92. The molecule has 4 nitrogen and oxygen atoms in total. The van der Waals surface area contributed by atoms with Crippen LogP contribution in [0, 0.1) is 0 Å². The van der Waals surface area contributed by atoms with E-state index in [0.29, 0.717) is 5.56 Å². The Balaban J connectivity index is 0.00000220. The summed E-state index contributed by atoms with van der Waals surface area (Å²) in [7, 11) is 0. The Morgan fingerprint density at radius 3 is 2.43 bits per heavy atom. The second-order valence-corrected chi connectivity index (χ2v) is 4.97. The van der Waals surface area contributed by atoms with Gasteiger partial charge in [-0.05, 0) is 37.5 Å². The van der Waals surface area contributed by atoms with Crippen LogP contribution in [0.15, 0.2) is 24.3 Å². The fraction of sp³-hybridized carbons (Fsp3) is 0.533. The van der Waals surface area contributed by atoms with Crippen molar-refractivity contribution in [1.82, 2.24) is 0 Å². The predicted octanol–water partition coefficient (Wildman–Crippen LogP) is 2.61. The molecule has 0 bridgehead atoms. The lowest BCUT2D eigenvalue weighted by Crippen LogP contribution is -2.31. The maximum absolute atomic E-state index is 13.9. The molecule has 2 rings (SSSR count). The zero-order valence-corrected chi connectivity index (χ0v) is 12.9. The minimum atomic E-state index is -1.83. The molecule has 1 saturated heterocycles.